The van der Waals surface area contributed by atoms with Gasteiger partial charge in [0.05, 0.1) is 5.56 Å². The molecule has 0 bridgehead atoms. The van der Waals surface area contributed by atoms with E-state index in [1.54, 1.807) is 19.1 Å². The third-order valence-corrected chi connectivity index (χ3v) is 2.09. The van der Waals surface area contributed by atoms with E-state index in [4.69, 9.17) is 0 Å². The van der Waals surface area contributed by atoms with Gasteiger partial charge in [-0.15, -0.1) is 0 Å². The minimum Gasteiger partial charge on any atom is -0.348 e. The number of hydrogen-bond donors (Lipinski definition) is 1. The lowest BCUT2D eigenvalue weighted by Crippen LogP contribution is -2.13. The van der Waals surface area contributed by atoms with E-state index >= 15 is 0 Å². The highest BCUT2D eigenvalue weighted by Crippen LogP contribution is 2.21. The number of hydrogen-bond acceptors (Lipinski definition) is 1. The SMILES string of the molecule is CC.Cc1ccc2c(c1F)C(=O)NC2. The van der Waals surface area contributed by atoms with Gasteiger partial charge in [-0.3, -0.25) is 4.79 Å². The lowest BCUT2D eigenvalue weighted by molar-refractivity contribution is 0.0962. The van der Waals surface area contributed by atoms with Crippen molar-refractivity contribution in [3.05, 3.63) is 34.6 Å². The summed E-state index contributed by atoms with van der Waals surface area (Å²) in [5.74, 6) is -0.686. The predicted molar refractivity (Wildman–Crippen MR) is 53.7 cm³/mol. The Morgan fingerprint density at radius 2 is 2.00 bits per heavy atom. The van der Waals surface area contributed by atoms with Gasteiger partial charge in [0.25, 0.3) is 5.91 Å². The number of aryl methyl sites for hydroxylation is 1. The number of nitrogens with one attached hydrogen (secondary N) is 1. The third kappa shape index (κ3) is 1.62. The van der Waals surface area contributed by atoms with Crippen molar-refractivity contribution in [2.75, 3.05) is 0 Å². The van der Waals surface area contributed by atoms with Crippen LogP contribution in [-0.4, -0.2) is 5.91 Å². The molecule has 3 heteroatoms. The van der Waals surface area contributed by atoms with E-state index in [1.165, 1.54) is 0 Å². The summed E-state index contributed by atoms with van der Waals surface area (Å²) in [6.07, 6.45) is 0. The second-order valence-electron chi connectivity index (χ2n) is 2.91. The molecule has 0 aromatic heterocycles. The first-order chi connectivity index (χ1) is 6.70. The van der Waals surface area contributed by atoms with Gasteiger partial charge in [0, 0.05) is 6.54 Å². The molecule has 0 atom stereocenters. The molecule has 0 spiro atoms. The molecule has 1 aliphatic heterocycles. The topological polar surface area (TPSA) is 29.1 Å². The Bertz CT molecular complexity index is 361. The lowest BCUT2D eigenvalue weighted by atomic mass is 10.1. The maximum Gasteiger partial charge on any atom is 0.254 e. The summed E-state index contributed by atoms with van der Waals surface area (Å²) < 4.78 is 13.3. The summed E-state index contributed by atoms with van der Waals surface area (Å²) in [5.41, 5.74) is 1.49. The minimum atomic E-state index is -0.387. The zero-order chi connectivity index (χ0) is 10.7. The van der Waals surface area contributed by atoms with Crippen LogP contribution in [0.2, 0.25) is 0 Å². The summed E-state index contributed by atoms with van der Waals surface area (Å²) in [6, 6.07) is 3.47. The van der Waals surface area contributed by atoms with Crippen molar-refractivity contribution in [3.63, 3.8) is 0 Å². The molecule has 1 amide bonds. The average molecular weight is 195 g/mol. The first-order valence-corrected chi connectivity index (χ1v) is 4.76. The van der Waals surface area contributed by atoms with Crippen LogP contribution in [0.15, 0.2) is 12.1 Å². The second-order valence-corrected chi connectivity index (χ2v) is 2.91. The molecule has 0 radical (unpaired) electrons. The summed E-state index contributed by atoms with van der Waals surface area (Å²) in [7, 11) is 0. The first-order valence-electron chi connectivity index (χ1n) is 4.76. The van der Waals surface area contributed by atoms with E-state index in [2.05, 4.69) is 5.32 Å². The highest BCUT2D eigenvalue weighted by molar-refractivity contribution is 5.98. The Morgan fingerprint density at radius 1 is 1.36 bits per heavy atom. The van der Waals surface area contributed by atoms with Gasteiger partial charge in [0.2, 0.25) is 0 Å². The summed E-state index contributed by atoms with van der Waals surface area (Å²) >= 11 is 0. The number of amides is 1. The monoisotopic (exact) mass is 195 g/mol. The van der Waals surface area contributed by atoms with Gasteiger partial charge in [-0.2, -0.15) is 0 Å². The molecule has 1 aromatic carbocycles. The molecule has 76 valence electrons. The van der Waals surface area contributed by atoms with Crippen molar-refractivity contribution in [3.8, 4) is 0 Å². The van der Waals surface area contributed by atoms with Crippen LogP contribution in [0.25, 0.3) is 0 Å². The number of rotatable bonds is 0. The fourth-order valence-corrected chi connectivity index (χ4v) is 1.38. The van der Waals surface area contributed by atoms with Crippen LogP contribution >= 0.6 is 0 Å². The van der Waals surface area contributed by atoms with Crippen molar-refractivity contribution in [2.24, 2.45) is 0 Å². The van der Waals surface area contributed by atoms with Crippen LogP contribution in [0.4, 0.5) is 4.39 Å². The molecule has 1 aliphatic rings. The largest absolute Gasteiger partial charge is 0.348 e. The number of halogens is 1. The summed E-state index contributed by atoms with van der Waals surface area (Å²) in [6.45, 7) is 6.10. The molecule has 0 fully saturated rings. The van der Waals surface area contributed by atoms with Gasteiger partial charge in [-0.1, -0.05) is 26.0 Å². The van der Waals surface area contributed by atoms with Gasteiger partial charge in [-0.25, -0.2) is 4.39 Å². The van der Waals surface area contributed by atoms with Crippen molar-refractivity contribution in [2.45, 2.75) is 27.3 Å². The van der Waals surface area contributed by atoms with Crippen LogP contribution in [0.5, 0.6) is 0 Å². The molecule has 1 heterocycles. The van der Waals surface area contributed by atoms with Gasteiger partial charge in [0.1, 0.15) is 5.82 Å². The predicted octanol–water partition coefficient (Wildman–Crippen LogP) is 2.40. The van der Waals surface area contributed by atoms with Crippen molar-refractivity contribution in [1.82, 2.24) is 5.32 Å². The standard InChI is InChI=1S/C9H8FNO.C2H6/c1-5-2-3-6-4-11-9(12)7(6)8(5)10;1-2/h2-3H,4H2,1H3,(H,11,12);1-2H3. The number of carbonyl (C=O) groups is 1. The fourth-order valence-electron chi connectivity index (χ4n) is 1.38. The van der Waals surface area contributed by atoms with Crippen molar-refractivity contribution < 1.29 is 9.18 Å². The van der Waals surface area contributed by atoms with E-state index in [0.29, 0.717) is 12.1 Å². The maximum atomic E-state index is 13.3. The molecular weight excluding hydrogens is 181 g/mol. The molecule has 2 nitrogen and oxygen atoms in total. The van der Waals surface area contributed by atoms with E-state index in [0.717, 1.165) is 5.56 Å². The lowest BCUT2D eigenvalue weighted by Gasteiger charge is -1.99. The quantitative estimate of drug-likeness (QED) is 0.676. The zero-order valence-electron chi connectivity index (χ0n) is 8.65. The average Bonchev–Trinajstić information content (AvgIpc) is 2.58. The Morgan fingerprint density at radius 3 is 2.64 bits per heavy atom. The van der Waals surface area contributed by atoms with Crippen molar-refractivity contribution in [1.29, 1.82) is 0 Å². The van der Waals surface area contributed by atoms with E-state index in [9.17, 15) is 9.18 Å². The van der Waals surface area contributed by atoms with Gasteiger partial charge >= 0.3 is 0 Å². The smallest absolute Gasteiger partial charge is 0.254 e. The molecule has 0 aliphatic carbocycles. The van der Waals surface area contributed by atoms with Crippen LogP contribution in [0.1, 0.15) is 35.3 Å². The van der Waals surface area contributed by atoms with Crippen LogP contribution in [0, 0.1) is 12.7 Å². The first kappa shape index (κ1) is 10.7. The molecule has 0 saturated heterocycles. The van der Waals surface area contributed by atoms with E-state index in [1.807, 2.05) is 13.8 Å². The molecule has 1 N–H and O–H groups in total. The number of benzene rings is 1. The van der Waals surface area contributed by atoms with Gasteiger partial charge < -0.3 is 5.32 Å². The zero-order valence-corrected chi connectivity index (χ0v) is 8.65. The molecule has 14 heavy (non-hydrogen) atoms. The van der Waals surface area contributed by atoms with Crippen molar-refractivity contribution >= 4 is 5.91 Å². The highest BCUT2D eigenvalue weighted by atomic mass is 19.1. The Hall–Kier alpha value is -1.38. The third-order valence-electron chi connectivity index (χ3n) is 2.09. The minimum absolute atomic E-state index is 0.218. The highest BCUT2D eigenvalue weighted by Gasteiger charge is 2.23. The Labute approximate surface area is 83.1 Å². The number of carbonyl (C=O) groups excluding carboxylic acids is 1. The van der Waals surface area contributed by atoms with Crippen LogP contribution in [-0.2, 0) is 6.54 Å². The Balaban J connectivity index is 0.000000461. The normalized spacial score (nSPS) is 12.7. The Kier molecular flexibility index (Phi) is 3.23. The number of fused-ring (bicyclic) bond motifs is 1. The molecule has 0 unspecified atom stereocenters. The summed E-state index contributed by atoms with van der Waals surface area (Å²) in [4.78, 5) is 11.1. The summed E-state index contributed by atoms with van der Waals surface area (Å²) in [5, 5.41) is 2.57. The van der Waals surface area contributed by atoms with Crippen LogP contribution < -0.4 is 5.32 Å². The van der Waals surface area contributed by atoms with Crippen LogP contribution in [0.3, 0.4) is 0 Å². The molecule has 2 rings (SSSR count). The van der Waals surface area contributed by atoms with Gasteiger partial charge in [-0.05, 0) is 18.1 Å². The van der Waals surface area contributed by atoms with E-state index < -0.39 is 0 Å². The van der Waals surface area contributed by atoms with E-state index in [-0.39, 0.29) is 17.3 Å². The molecular formula is C11H14FNO. The molecule has 0 saturated carbocycles. The van der Waals surface area contributed by atoms with Gasteiger partial charge in [0.15, 0.2) is 0 Å². The molecule has 1 aromatic rings. The second kappa shape index (κ2) is 4.22. The fraction of sp³-hybridized carbons (Fsp3) is 0.364. The maximum absolute atomic E-state index is 13.3.